The minimum absolute atomic E-state index is 0.597. The van der Waals surface area contributed by atoms with Crippen LogP contribution in [0.3, 0.4) is 0 Å². The number of hydrogen-bond donors (Lipinski definition) is 2. The molecule has 2 N–H and O–H groups in total. The molecule has 1 aliphatic heterocycles. The van der Waals surface area contributed by atoms with E-state index >= 15 is 0 Å². The number of nitrogens with one attached hydrogen (secondary N) is 2. The van der Waals surface area contributed by atoms with Crippen LogP contribution in [0.15, 0.2) is 0 Å². The maximum atomic E-state index is 11.3. The molecule has 0 amide bonds. The topological polar surface area (TPSA) is 61.4 Å². The van der Waals surface area contributed by atoms with Gasteiger partial charge in [0, 0.05) is 20.6 Å². The van der Waals surface area contributed by atoms with E-state index in [0.717, 1.165) is 31.8 Å². The Labute approximate surface area is 86.0 Å². The molecule has 0 aromatic carbocycles. The fourth-order valence-corrected chi connectivity index (χ4v) is 2.11. The molecule has 84 valence electrons. The van der Waals surface area contributed by atoms with Crippen LogP contribution in [-0.4, -0.2) is 46.5 Å². The van der Waals surface area contributed by atoms with E-state index in [2.05, 4.69) is 10.0 Å². The van der Waals surface area contributed by atoms with Crippen LogP contribution in [0.25, 0.3) is 0 Å². The summed E-state index contributed by atoms with van der Waals surface area (Å²) in [6.07, 6.45) is 2.04. The lowest BCUT2D eigenvalue weighted by Crippen LogP contribution is -2.42. The molecular formula is C8H19N3O2S. The van der Waals surface area contributed by atoms with Crippen LogP contribution in [0.5, 0.6) is 0 Å². The monoisotopic (exact) mass is 221 g/mol. The highest BCUT2D eigenvalue weighted by Crippen LogP contribution is 2.11. The molecule has 14 heavy (non-hydrogen) atoms. The smallest absolute Gasteiger partial charge is 0.278 e. The lowest BCUT2D eigenvalue weighted by Gasteiger charge is -2.27. The maximum Gasteiger partial charge on any atom is 0.278 e. The molecule has 0 atom stereocenters. The van der Waals surface area contributed by atoms with Crippen molar-refractivity contribution in [1.29, 1.82) is 0 Å². The van der Waals surface area contributed by atoms with Crippen molar-refractivity contribution in [2.75, 3.05) is 33.7 Å². The summed E-state index contributed by atoms with van der Waals surface area (Å²) in [6, 6.07) is 0. The van der Waals surface area contributed by atoms with E-state index < -0.39 is 10.2 Å². The minimum atomic E-state index is -3.22. The van der Waals surface area contributed by atoms with Crippen molar-refractivity contribution >= 4 is 10.2 Å². The summed E-state index contributed by atoms with van der Waals surface area (Å²) >= 11 is 0. The van der Waals surface area contributed by atoms with E-state index in [1.807, 2.05) is 0 Å². The predicted octanol–water partition coefficient (Wildman–Crippen LogP) is -0.618. The van der Waals surface area contributed by atoms with Crippen LogP contribution in [-0.2, 0) is 10.2 Å². The molecule has 0 aromatic heterocycles. The molecule has 1 saturated heterocycles. The summed E-state index contributed by atoms with van der Waals surface area (Å²) in [4.78, 5) is 0. The lowest BCUT2D eigenvalue weighted by atomic mass is 9.98. The van der Waals surface area contributed by atoms with Gasteiger partial charge in [0.05, 0.1) is 0 Å². The van der Waals surface area contributed by atoms with E-state index in [4.69, 9.17) is 0 Å². The summed E-state index contributed by atoms with van der Waals surface area (Å²) in [5.41, 5.74) is 0. The molecule has 5 nitrogen and oxygen atoms in total. The normalized spacial score (nSPS) is 18.5. The van der Waals surface area contributed by atoms with E-state index in [1.165, 1.54) is 11.4 Å². The standard InChI is InChI=1S/C8H19N3O2S/c1-9-14(12,13)11(2)5-3-4-8-6-10-7-8/h8-10H,3-7H2,1-2H3. The van der Waals surface area contributed by atoms with Crippen LogP contribution >= 0.6 is 0 Å². The first-order valence-corrected chi connectivity index (χ1v) is 6.36. The Bertz CT molecular complexity index is 262. The summed E-state index contributed by atoms with van der Waals surface area (Å²) in [5.74, 6) is 0.751. The molecule has 0 saturated carbocycles. The number of hydrogen-bond acceptors (Lipinski definition) is 3. The Kier molecular flexibility index (Phi) is 4.31. The van der Waals surface area contributed by atoms with Crippen molar-refractivity contribution in [2.24, 2.45) is 5.92 Å². The van der Waals surface area contributed by atoms with Gasteiger partial charge in [0.2, 0.25) is 0 Å². The Morgan fingerprint density at radius 1 is 1.50 bits per heavy atom. The third kappa shape index (κ3) is 3.20. The van der Waals surface area contributed by atoms with Crippen molar-refractivity contribution in [2.45, 2.75) is 12.8 Å². The predicted molar refractivity (Wildman–Crippen MR) is 56.2 cm³/mol. The fraction of sp³-hybridized carbons (Fsp3) is 1.00. The average molecular weight is 221 g/mol. The first-order valence-electron chi connectivity index (χ1n) is 4.92. The van der Waals surface area contributed by atoms with E-state index in [9.17, 15) is 8.42 Å². The van der Waals surface area contributed by atoms with Gasteiger partial charge in [-0.3, -0.25) is 0 Å². The van der Waals surface area contributed by atoms with Crippen molar-refractivity contribution in [3.63, 3.8) is 0 Å². The van der Waals surface area contributed by atoms with E-state index in [-0.39, 0.29) is 0 Å². The van der Waals surface area contributed by atoms with Crippen LogP contribution in [0, 0.1) is 5.92 Å². The van der Waals surface area contributed by atoms with Crippen LogP contribution in [0.2, 0.25) is 0 Å². The van der Waals surface area contributed by atoms with Gasteiger partial charge < -0.3 is 5.32 Å². The first-order chi connectivity index (χ1) is 6.56. The summed E-state index contributed by atoms with van der Waals surface area (Å²) in [5, 5.41) is 3.20. The van der Waals surface area contributed by atoms with Crippen molar-refractivity contribution in [3.05, 3.63) is 0 Å². The van der Waals surface area contributed by atoms with Crippen LogP contribution in [0.1, 0.15) is 12.8 Å². The maximum absolute atomic E-state index is 11.3. The van der Waals surface area contributed by atoms with Gasteiger partial charge in [-0.25, -0.2) is 4.72 Å². The fourth-order valence-electron chi connectivity index (χ4n) is 1.43. The van der Waals surface area contributed by atoms with Gasteiger partial charge in [-0.15, -0.1) is 0 Å². The first kappa shape index (κ1) is 11.9. The van der Waals surface area contributed by atoms with Gasteiger partial charge >= 0.3 is 0 Å². The van der Waals surface area contributed by atoms with Gasteiger partial charge in [0.25, 0.3) is 10.2 Å². The molecule has 1 heterocycles. The van der Waals surface area contributed by atoms with Crippen molar-refractivity contribution < 1.29 is 8.42 Å². The Morgan fingerprint density at radius 3 is 2.57 bits per heavy atom. The zero-order valence-electron chi connectivity index (χ0n) is 8.78. The van der Waals surface area contributed by atoms with Crippen molar-refractivity contribution in [1.82, 2.24) is 14.3 Å². The highest BCUT2D eigenvalue weighted by Gasteiger charge is 2.18. The molecule has 1 fully saturated rings. The van der Waals surface area contributed by atoms with Gasteiger partial charge in [-0.2, -0.15) is 12.7 Å². The molecule has 0 aliphatic carbocycles. The third-order valence-corrected chi connectivity index (χ3v) is 4.14. The minimum Gasteiger partial charge on any atom is -0.316 e. The lowest BCUT2D eigenvalue weighted by molar-refractivity contribution is 0.309. The quantitative estimate of drug-likeness (QED) is 0.628. The highest BCUT2D eigenvalue weighted by molar-refractivity contribution is 7.87. The second kappa shape index (κ2) is 5.06. The van der Waals surface area contributed by atoms with Crippen molar-refractivity contribution in [3.8, 4) is 0 Å². The second-order valence-electron chi connectivity index (χ2n) is 3.70. The summed E-state index contributed by atoms with van der Waals surface area (Å²) < 4.78 is 26.2. The summed E-state index contributed by atoms with van der Waals surface area (Å²) in [7, 11) is -0.183. The Hall–Kier alpha value is -0.170. The Balaban J connectivity index is 2.16. The molecule has 0 radical (unpaired) electrons. The largest absolute Gasteiger partial charge is 0.316 e. The molecule has 1 rings (SSSR count). The number of rotatable bonds is 6. The van der Waals surface area contributed by atoms with Gasteiger partial charge in [-0.05, 0) is 31.8 Å². The molecule has 0 spiro atoms. The third-order valence-electron chi connectivity index (χ3n) is 2.62. The van der Waals surface area contributed by atoms with Gasteiger partial charge in [0.15, 0.2) is 0 Å². The van der Waals surface area contributed by atoms with Gasteiger partial charge in [0.1, 0.15) is 0 Å². The molecule has 0 aromatic rings. The SMILES string of the molecule is CNS(=O)(=O)N(C)CCCC1CNC1. The van der Waals surface area contributed by atoms with Crippen LogP contribution in [0.4, 0.5) is 0 Å². The zero-order valence-corrected chi connectivity index (χ0v) is 9.60. The second-order valence-corrected chi connectivity index (χ2v) is 5.68. The molecule has 1 aliphatic rings. The molecule has 0 unspecified atom stereocenters. The van der Waals surface area contributed by atoms with Gasteiger partial charge in [-0.1, -0.05) is 0 Å². The zero-order chi connectivity index (χ0) is 10.6. The molecule has 6 heteroatoms. The van der Waals surface area contributed by atoms with E-state index in [0.29, 0.717) is 6.54 Å². The van der Waals surface area contributed by atoms with Crippen LogP contribution < -0.4 is 10.0 Å². The molecule has 0 bridgehead atoms. The Morgan fingerprint density at radius 2 is 2.14 bits per heavy atom. The van der Waals surface area contributed by atoms with E-state index in [1.54, 1.807) is 7.05 Å². The molecular weight excluding hydrogens is 202 g/mol. The number of nitrogens with zero attached hydrogens (tertiary/aromatic N) is 1. The average Bonchev–Trinajstić information content (AvgIpc) is 2.08. The highest BCUT2D eigenvalue weighted by atomic mass is 32.2. The summed E-state index contributed by atoms with van der Waals surface area (Å²) in [6.45, 7) is 2.77.